The van der Waals surface area contributed by atoms with E-state index in [1.165, 1.54) is 0 Å². The molecule has 0 radical (unpaired) electrons. The lowest BCUT2D eigenvalue weighted by Gasteiger charge is -2.34. The molecule has 1 aliphatic rings. The standard InChI is InChI=1S/C17H19N5O2/c18-17-20-15-14(19-10-22(15)13-6-12(7-13)8-23)16(21-17)24-9-11-4-2-1-3-5-11/h1-5,10,12-13,23H,6-9H2,(H2,18,20,21)/t12-,13+. The summed E-state index contributed by atoms with van der Waals surface area (Å²) in [6, 6.07) is 10.2. The molecule has 0 aliphatic heterocycles. The topological polar surface area (TPSA) is 99.1 Å². The molecular weight excluding hydrogens is 306 g/mol. The summed E-state index contributed by atoms with van der Waals surface area (Å²) in [5.74, 6) is 0.934. The first-order valence-corrected chi connectivity index (χ1v) is 8.02. The maximum Gasteiger partial charge on any atom is 0.247 e. The van der Waals surface area contributed by atoms with Crippen molar-refractivity contribution in [3.05, 3.63) is 42.2 Å². The van der Waals surface area contributed by atoms with Crippen LogP contribution < -0.4 is 10.5 Å². The molecule has 2 heterocycles. The summed E-state index contributed by atoms with van der Waals surface area (Å²) in [6.45, 7) is 0.626. The molecule has 0 unspecified atom stereocenters. The van der Waals surface area contributed by atoms with E-state index in [2.05, 4.69) is 15.0 Å². The predicted octanol–water partition coefficient (Wildman–Crippen LogP) is 1.93. The minimum Gasteiger partial charge on any atom is -0.471 e. The van der Waals surface area contributed by atoms with Crippen LogP contribution in [0.15, 0.2) is 36.7 Å². The minimum absolute atomic E-state index is 0.172. The molecule has 3 N–H and O–H groups in total. The molecule has 124 valence electrons. The van der Waals surface area contributed by atoms with E-state index in [9.17, 15) is 5.11 Å². The van der Waals surface area contributed by atoms with Gasteiger partial charge in [-0.3, -0.25) is 0 Å². The largest absolute Gasteiger partial charge is 0.471 e. The molecule has 0 spiro atoms. The van der Waals surface area contributed by atoms with Gasteiger partial charge in [0.05, 0.1) is 6.33 Å². The number of aliphatic hydroxyl groups excluding tert-OH is 1. The first-order valence-electron chi connectivity index (χ1n) is 8.02. The van der Waals surface area contributed by atoms with Crippen LogP contribution in [-0.2, 0) is 6.61 Å². The number of imidazole rings is 1. The third-order valence-corrected chi connectivity index (χ3v) is 4.49. The predicted molar refractivity (Wildman–Crippen MR) is 89.4 cm³/mol. The second-order valence-corrected chi connectivity index (χ2v) is 6.16. The van der Waals surface area contributed by atoms with Crippen molar-refractivity contribution in [2.24, 2.45) is 5.92 Å². The number of hydrogen-bond donors (Lipinski definition) is 2. The van der Waals surface area contributed by atoms with Crippen molar-refractivity contribution in [1.82, 2.24) is 19.5 Å². The Bertz CT molecular complexity index is 843. The first-order chi connectivity index (χ1) is 11.7. The third kappa shape index (κ3) is 2.67. The molecule has 1 saturated carbocycles. The second-order valence-electron chi connectivity index (χ2n) is 6.16. The Hall–Kier alpha value is -2.67. The summed E-state index contributed by atoms with van der Waals surface area (Å²) in [7, 11) is 0. The van der Waals surface area contributed by atoms with E-state index in [-0.39, 0.29) is 12.6 Å². The summed E-state index contributed by atoms with van der Waals surface area (Å²) < 4.78 is 7.84. The number of anilines is 1. The van der Waals surface area contributed by atoms with E-state index in [0.717, 1.165) is 18.4 Å². The van der Waals surface area contributed by atoms with Crippen molar-refractivity contribution in [2.45, 2.75) is 25.5 Å². The van der Waals surface area contributed by atoms with Gasteiger partial charge in [0.25, 0.3) is 0 Å². The Morgan fingerprint density at radius 3 is 2.75 bits per heavy atom. The van der Waals surface area contributed by atoms with Crippen LogP contribution in [0, 0.1) is 5.92 Å². The molecule has 1 aromatic carbocycles. The van der Waals surface area contributed by atoms with E-state index < -0.39 is 0 Å². The van der Waals surface area contributed by atoms with Gasteiger partial charge in [0.1, 0.15) is 6.61 Å². The van der Waals surface area contributed by atoms with Crippen LogP contribution in [0.2, 0.25) is 0 Å². The average molecular weight is 325 g/mol. The quantitative estimate of drug-likeness (QED) is 0.743. The zero-order chi connectivity index (χ0) is 16.5. The number of fused-ring (bicyclic) bond motifs is 1. The summed E-state index contributed by atoms with van der Waals surface area (Å²) in [5.41, 5.74) is 8.20. The Morgan fingerprint density at radius 2 is 2.00 bits per heavy atom. The van der Waals surface area contributed by atoms with E-state index in [1.54, 1.807) is 6.33 Å². The number of aliphatic hydroxyl groups is 1. The van der Waals surface area contributed by atoms with Crippen molar-refractivity contribution < 1.29 is 9.84 Å². The number of rotatable bonds is 5. The van der Waals surface area contributed by atoms with E-state index in [1.807, 2.05) is 34.9 Å². The summed E-state index contributed by atoms with van der Waals surface area (Å²) in [5, 5.41) is 9.19. The second kappa shape index (κ2) is 6.09. The van der Waals surface area contributed by atoms with Crippen LogP contribution in [0.4, 0.5) is 5.95 Å². The smallest absolute Gasteiger partial charge is 0.247 e. The number of nitrogens with zero attached hydrogens (tertiary/aromatic N) is 4. The van der Waals surface area contributed by atoms with Crippen LogP contribution in [0.3, 0.4) is 0 Å². The molecule has 0 saturated heterocycles. The average Bonchev–Trinajstić information content (AvgIpc) is 2.96. The van der Waals surface area contributed by atoms with Crippen LogP contribution in [0.1, 0.15) is 24.4 Å². The molecule has 3 aromatic rings. The van der Waals surface area contributed by atoms with Crippen molar-refractivity contribution in [3.8, 4) is 5.88 Å². The van der Waals surface area contributed by atoms with Gasteiger partial charge in [-0.25, -0.2) is 4.98 Å². The fraction of sp³-hybridized carbons (Fsp3) is 0.353. The zero-order valence-electron chi connectivity index (χ0n) is 13.2. The number of aromatic nitrogens is 4. The van der Waals surface area contributed by atoms with Gasteiger partial charge in [0, 0.05) is 12.6 Å². The van der Waals surface area contributed by atoms with Crippen LogP contribution in [0.25, 0.3) is 11.2 Å². The number of benzene rings is 1. The molecule has 1 aliphatic carbocycles. The Morgan fingerprint density at radius 1 is 1.21 bits per heavy atom. The van der Waals surface area contributed by atoms with Crippen molar-refractivity contribution >= 4 is 17.1 Å². The molecule has 0 atom stereocenters. The van der Waals surface area contributed by atoms with Gasteiger partial charge in [0.15, 0.2) is 11.2 Å². The Labute approximate surface area is 139 Å². The summed E-state index contributed by atoms with van der Waals surface area (Å²) >= 11 is 0. The van der Waals surface area contributed by atoms with Gasteiger partial charge in [-0.2, -0.15) is 9.97 Å². The molecule has 7 heteroatoms. The third-order valence-electron chi connectivity index (χ3n) is 4.49. The van der Waals surface area contributed by atoms with Crippen molar-refractivity contribution in [3.63, 3.8) is 0 Å². The minimum atomic E-state index is 0.172. The molecular formula is C17H19N5O2. The van der Waals surface area contributed by atoms with Gasteiger partial charge >= 0.3 is 0 Å². The summed E-state index contributed by atoms with van der Waals surface area (Å²) in [6.07, 6.45) is 3.60. The first kappa shape index (κ1) is 14.9. The lowest BCUT2D eigenvalue weighted by Crippen LogP contribution is -2.28. The molecule has 4 rings (SSSR count). The van der Waals surface area contributed by atoms with Crippen LogP contribution >= 0.6 is 0 Å². The number of hydrogen-bond acceptors (Lipinski definition) is 6. The SMILES string of the molecule is Nc1nc(OCc2ccccc2)c2ncn([C@H]3C[C@@H](CO)C3)c2n1. The highest BCUT2D eigenvalue weighted by molar-refractivity contribution is 5.77. The molecule has 0 bridgehead atoms. The zero-order valence-corrected chi connectivity index (χ0v) is 13.2. The van der Waals surface area contributed by atoms with Gasteiger partial charge < -0.3 is 20.1 Å². The highest BCUT2D eigenvalue weighted by atomic mass is 16.5. The highest BCUT2D eigenvalue weighted by Crippen LogP contribution is 2.39. The molecule has 0 amide bonds. The fourth-order valence-corrected chi connectivity index (χ4v) is 3.08. The van der Waals surface area contributed by atoms with Gasteiger partial charge in [-0.15, -0.1) is 0 Å². The van der Waals surface area contributed by atoms with Crippen LogP contribution in [-0.4, -0.2) is 31.2 Å². The molecule has 2 aromatic heterocycles. The van der Waals surface area contributed by atoms with E-state index in [4.69, 9.17) is 10.5 Å². The Balaban J connectivity index is 1.61. The Kier molecular flexibility index (Phi) is 3.78. The lowest BCUT2D eigenvalue weighted by atomic mass is 9.81. The summed E-state index contributed by atoms with van der Waals surface area (Å²) in [4.78, 5) is 12.9. The monoisotopic (exact) mass is 325 g/mol. The number of nitrogens with two attached hydrogens (primary N) is 1. The van der Waals surface area contributed by atoms with E-state index >= 15 is 0 Å². The van der Waals surface area contributed by atoms with Crippen LogP contribution in [0.5, 0.6) is 5.88 Å². The van der Waals surface area contributed by atoms with E-state index in [0.29, 0.717) is 35.6 Å². The molecule has 7 nitrogen and oxygen atoms in total. The van der Waals surface area contributed by atoms with Gasteiger partial charge in [-0.05, 0) is 24.3 Å². The fourth-order valence-electron chi connectivity index (χ4n) is 3.08. The maximum absolute atomic E-state index is 9.19. The van der Waals surface area contributed by atoms with Gasteiger partial charge in [-0.1, -0.05) is 30.3 Å². The molecule has 24 heavy (non-hydrogen) atoms. The highest BCUT2D eigenvalue weighted by Gasteiger charge is 2.31. The van der Waals surface area contributed by atoms with Gasteiger partial charge in [0.2, 0.25) is 11.8 Å². The maximum atomic E-state index is 9.19. The molecule has 1 fully saturated rings. The number of nitrogen functional groups attached to an aromatic ring is 1. The number of ether oxygens (including phenoxy) is 1. The lowest BCUT2D eigenvalue weighted by molar-refractivity contribution is 0.114. The normalized spacial score (nSPS) is 20.0. The van der Waals surface area contributed by atoms with Crippen molar-refractivity contribution in [1.29, 1.82) is 0 Å². The van der Waals surface area contributed by atoms with Crippen molar-refractivity contribution in [2.75, 3.05) is 12.3 Å².